The van der Waals surface area contributed by atoms with Crippen LogP contribution in [0.5, 0.6) is 0 Å². The van der Waals surface area contributed by atoms with Gasteiger partial charge in [0.15, 0.2) is 5.82 Å². The van der Waals surface area contributed by atoms with Gasteiger partial charge in [-0.15, -0.1) is 0 Å². The molecule has 5 heteroatoms. The molecule has 1 amide bonds. The fourth-order valence-corrected chi connectivity index (χ4v) is 1.96. The highest BCUT2D eigenvalue weighted by Crippen LogP contribution is 2.21. The van der Waals surface area contributed by atoms with Crippen LogP contribution < -0.4 is 10.6 Å². The van der Waals surface area contributed by atoms with Gasteiger partial charge < -0.3 is 10.6 Å². The molecule has 2 aromatic rings. The maximum absolute atomic E-state index is 13.7. The van der Waals surface area contributed by atoms with Crippen LogP contribution in [-0.2, 0) is 0 Å². The van der Waals surface area contributed by atoms with Gasteiger partial charge in [-0.3, -0.25) is 9.78 Å². The molecule has 0 spiro atoms. The van der Waals surface area contributed by atoms with Crippen LogP contribution in [0.25, 0.3) is 0 Å². The van der Waals surface area contributed by atoms with Gasteiger partial charge in [0.2, 0.25) is 0 Å². The van der Waals surface area contributed by atoms with Crippen molar-refractivity contribution in [2.24, 2.45) is 0 Å². The Kier molecular flexibility index (Phi) is 4.30. The van der Waals surface area contributed by atoms with E-state index in [0.717, 1.165) is 12.6 Å². The number of aromatic nitrogens is 1. The van der Waals surface area contributed by atoms with Crippen molar-refractivity contribution in [3.8, 4) is 0 Å². The number of carbonyl (C=O) groups is 1. The number of amides is 1. The Morgan fingerprint density at radius 1 is 1.40 bits per heavy atom. The fourth-order valence-electron chi connectivity index (χ4n) is 1.96. The van der Waals surface area contributed by atoms with Gasteiger partial charge in [0.1, 0.15) is 0 Å². The number of benzene rings is 1. The summed E-state index contributed by atoms with van der Waals surface area (Å²) in [6.07, 6.45) is 3.20. The van der Waals surface area contributed by atoms with Crippen molar-refractivity contribution in [2.75, 3.05) is 17.2 Å². The summed E-state index contributed by atoms with van der Waals surface area (Å²) in [6, 6.07) is 8.37. The highest BCUT2D eigenvalue weighted by molar-refractivity contribution is 6.06. The first kappa shape index (κ1) is 14.0. The van der Waals surface area contributed by atoms with Crippen LogP contribution in [0.3, 0.4) is 0 Å². The van der Waals surface area contributed by atoms with E-state index in [9.17, 15) is 9.18 Å². The lowest BCUT2D eigenvalue weighted by molar-refractivity contribution is 0.0983. The zero-order chi connectivity index (χ0) is 14.5. The summed E-state index contributed by atoms with van der Waals surface area (Å²) < 4.78 is 13.7. The first-order valence-electron chi connectivity index (χ1n) is 6.40. The first-order chi connectivity index (χ1) is 9.63. The zero-order valence-electron chi connectivity index (χ0n) is 11.2. The average Bonchev–Trinajstić information content (AvgIpc) is 2.44. The summed E-state index contributed by atoms with van der Waals surface area (Å²) in [5.74, 6) is -1.01. The summed E-state index contributed by atoms with van der Waals surface area (Å²) >= 11 is 0. The van der Waals surface area contributed by atoms with E-state index in [0.29, 0.717) is 17.9 Å². The number of hydrogen-bond donors (Lipinski definition) is 1. The Morgan fingerprint density at radius 3 is 2.85 bits per heavy atom. The molecule has 1 aromatic heterocycles. The molecule has 0 fully saturated rings. The fraction of sp³-hybridized carbons (Fsp3) is 0.200. The smallest absolute Gasteiger partial charge is 0.261 e. The molecule has 0 radical (unpaired) electrons. The lowest BCUT2D eigenvalue weighted by Crippen LogP contribution is -2.32. The van der Waals surface area contributed by atoms with Crippen molar-refractivity contribution >= 4 is 17.3 Å². The number of nitrogens with two attached hydrogens (primary N) is 1. The standard InChI is InChI=1S/C15H16FN3O/c1-2-8-19(12-5-3-4-11(17)9-12)15(20)13-6-7-18-10-14(13)16/h3-7,9-10H,2,8,17H2,1H3. The highest BCUT2D eigenvalue weighted by atomic mass is 19.1. The number of nitrogen functional groups attached to an aromatic ring is 1. The van der Waals surface area contributed by atoms with Crippen molar-refractivity contribution in [1.82, 2.24) is 4.98 Å². The summed E-state index contributed by atoms with van der Waals surface area (Å²) in [7, 11) is 0. The van der Waals surface area contributed by atoms with Crippen LogP contribution in [-0.4, -0.2) is 17.4 Å². The van der Waals surface area contributed by atoms with Crippen LogP contribution in [0.1, 0.15) is 23.7 Å². The number of carbonyl (C=O) groups excluding carboxylic acids is 1. The number of rotatable bonds is 4. The van der Waals surface area contributed by atoms with E-state index in [-0.39, 0.29) is 5.56 Å². The lowest BCUT2D eigenvalue weighted by atomic mass is 10.2. The lowest BCUT2D eigenvalue weighted by Gasteiger charge is -2.22. The van der Waals surface area contributed by atoms with Crippen molar-refractivity contribution in [1.29, 1.82) is 0 Å². The Balaban J connectivity index is 2.39. The van der Waals surface area contributed by atoms with Gasteiger partial charge in [0.25, 0.3) is 5.91 Å². The topological polar surface area (TPSA) is 59.2 Å². The van der Waals surface area contributed by atoms with Gasteiger partial charge in [0.05, 0.1) is 11.8 Å². The molecular weight excluding hydrogens is 257 g/mol. The third kappa shape index (κ3) is 2.93. The summed E-state index contributed by atoms with van der Waals surface area (Å²) in [5, 5.41) is 0. The third-order valence-electron chi connectivity index (χ3n) is 2.88. The van der Waals surface area contributed by atoms with E-state index >= 15 is 0 Å². The number of pyridine rings is 1. The van der Waals surface area contributed by atoms with E-state index in [4.69, 9.17) is 5.73 Å². The van der Waals surface area contributed by atoms with Crippen LogP contribution in [0.15, 0.2) is 42.7 Å². The minimum Gasteiger partial charge on any atom is -0.399 e. The van der Waals surface area contributed by atoms with Gasteiger partial charge >= 0.3 is 0 Å². The average molecular weight is 273 g/mol. The molecular formula is C15H16FN3O. The largest absolute Gasteiger partial charge is 0.399 e. The number of anilines is 2. The highest BCUT2D eigenvalue weighted by Gasteiger charge is 2.20. The molecule has 0 saturated heterocycles. The van der Waals surface area contributed by atoms with E-state index in [1.807, 2.05) is 6.92 Å². The predicted octanol–water partition coefficient (Wildman–Crippen LogP) is 2.86. The molecule has 0 unspecified atom stereocenters. The minimum atomic E-state index is -0.623. The molecule has 1 aromatic carbocycles. The molecule has 2 rings (SSSR count). The molecule has 1 heterocycles. The molecule has 0 aliphatic heterocycles. The molecule has 4 nitrogen and oxygen atoms in total. The molecule has 0 atom stereocenters. The van der Waals surface area contributed by atoms with Gasteiger partial charge in [-0.05, 0) is 30.7 Å². The van der Waals surface area contributed by atoms with Gasteiger partial charge in [-0.25, -0.2) is 4.39 Å². The van der Waals surface area contributed by atoms with Gasteiger partial charge in [-0.1, -0.05) is 13.0 Å². The van der Waals surface area contributed by atoms with E-state index in [2.05, 4.69) is 4.98 Å². The first-order valence-corrected chi connectivity index (χ1v) is 6.40. The summed E-state index contributed by atoms with van der Waals surface area (Å²) in [4.78, 5) is 17.7. The van der Waals surface area contributed by atoms with Crippen LogP contribution in [0, 0.1) is 5.82 Å². The minimum absolute atomic E-state index is 0.0101. The Hall–Kier alpha value is -2.43. The van der Waals surface area contributed by atoms with Crippen LogP contribution in [0.4, 0.5) is 15.8 Å². The number of hydrogen-bond acceptors (Lipinski definition) is 3. The molecule has 0 aliphatic rings. The molecule has 2 N–H and O–H groups in total. The Morgan fingerprint density at radius 2 is 2.20 bits per heavy atom. The van der Waals surface area contributed by atoms with Gasteiger partial charge in [-0.2, -0.15) is 0 Å². The molecule has 0 aliphatic carbocycles. The SMILES string of the molecule is CCCN(C(=O)c1ccncc1F)c1cccc(N)c1. The maximum atomic E-state index is 13.7. The summed E-state index contributed by atoms with van der Waals surface area (Å²) in [6.45, 7) is 2.44. The number of nitrogens with zero attached hydrogens (tertiary/aromatic N) is 2. The number of halogens is 1. The Bertz CT molecular complexity index is 616. The molecule has 0 saturated carbocycles. The maximum Gasteiger partial charge on any atom is 0.261 e. The normalized spacial score (nSPS) is 10.3. The van der Waals surface area contributed by atoms with E-state index in [1.165, 1.54) is 17.2 Å². The van der Waals surface area contributed by atoms with Crippen molar-refractivity contribution in [3.05, 3.63) is 54.1 Å². The van der Waals surface area contributed by atoms with Crippen LogP contribution >= 0.6 is 0 Å². The monoisotopic (exact) mass is 273 g/mol. The van der Waals surface area contributed by atoms with Crippen LogP contribution in [0.2, 0.25) is 0 Å². The molecule has 104 valence electrons. The quantitative estimate of drug-likeness (QED) is 0.871. The van der Waals surface area contributed by atoms with Crippen molar-refractivity contribution in [3.63, 3.8) is 0 Å². The molecule has 20 heavy (non-hydrogen) atoms. The zero-order valence-corrected chi connectivity index (χ0v) is 11.2. The summed E-state index contributed by atoms with van der Waals surface area (Å²) in [5.41, 5.74) is 6.97. The van der Waals surface area contributed by atoms with Crippen molar-refractivity contribution < 1.29 is 9.18 Å². The second-order valence-electron chi connectivity index (χ2n) is 4.41. The van der Waals surface area contributed by atoms with Gasteiger partial charge in [0, 0.05) is 24.1 Å². The predicted molar refractivity (Wildman–Crippen MR) is 77.0 cm³/mol. The van der Waals surface area contributed by atoms with E-state index < -0.39 is 11.7 Å². The second-order valence-corrected chi connectivity index (χ2v) is 4.41. The second kappa shape index (κ2) is 6.14. The molecule has 0 bridgehead atoms. The third-order valence-corrected chi connectivity index (χ3v) is 2.88. The van der Waals surface area contributed by atoms with Crippen molar-refractivity contribution in [2.45, 2.75) is 13.3 Å². The Labute approximate surface area is 117 Å². The van der Waals surface area contributed by atoms with E-state index in [1.54, 1.807) is 24.3 Å².